The number of nitrogens with one attached hydrogen (secondary N) is 1. The standard InChI is InChI=1S/C14H13N3O2/c1-19-13-7-6-9(15)8-12(13)17-11-5-3-2-4-10(11)16-14(17)18/h2-8H,15H2,1H3,(H,16,18). The van der Waals surface area contributed by atoms with Crippen LogP contribution in [0.15, 0.2) is 47.3 Å². The van der Waals surface area contributed by atoms with Gasteiger partial charge in [0.15, 0.2) is 0 Å². The van der Waals surface area contributed by atoms with Crippen molar-refractivity contribution in [2.24, 2.45) is 0 Å². The predicted octanol–water partition coefficient (Wildman–Crippen LogP) is 1.91. The largest absolute Gasteiger partial charge is 0.495 e. The molecule has 0 unspecified atom stereocenters. The molecule has 3 aromatic rings. The fourth-order valence-electron chi connectivity index (χ4n) is 2.18. The number of para-hydroxylation sites is 2. The van der Waals surface area contributed by atoms with E-state index in [4.69, 9.17) is 10.5 Å². The molecule has 3 N–H and O–H groups in total. The molecule has 0 fully saturated rings. The van der Waals surface area contributed by atoms with Gasteiger partial charge in [0.25, 0.3) is 0 Å². The van der Waals surface area contributed by atoms with Crippen molar-refractivity contribution < 1.29 is 4.74 Å². The maximum absolute atomic E-state index is 12.1. The number of aromatic amines is 1. The van der Waals surface area contributed by atoms with E-state index in [1.165, 1.54) is 0 Å². The second-order valence-electron chi connectivity index (χ2n) is 4.21. The average Bonchev–Trinajstić information content (AvgIpc) is 2.74. The van der Waals surface area contributed by atoms with Gasteiger partial charge >= 0.3 is 5.69 Å². The van der Waals surface area contributed by atoms with Gasteiger partial charge in [-0.1, -0.05) is 12.1 Å². The second kappa shape index (κ2) is 4.20. The number of ether oxygens (including phenoxy) is 1. The van der Waals surface area contributed by atoms with Crippen LogP contribution in [-0.4, -0.2) is 16.7 Å². The first-order valence-corrected chi connectivity index (χ1v) is 5.84. The highest BCUT2D eigenvalue weighted by molar-refractivity contribution is 5.78. The Morgan fingerprint density at radius 3 is 2.79 bits per heavy atom. The van der Waals surface area contributed by atoms with E-state index in [1.807, 2.05) is 24.3 Å². The van der Waals surface area contributed by atoms with Gasteiger partial charge in [-0.05, 0) is 30.3 Å². The number of H-pyrrole nitrogens is 1. The van der Waals surface area contributed by atoms with Crippen molar-refractivity contribution in [2.45, 2.75) is 0 Å². The maximum atomic E-state index is 12.1. The van der Waals surface area contributed by atoms with Gasteiger partial charge in [0.2, 0.25) is 0 Å². The number of methoxy groups -OCH3 is 1. The summed E-state index contributed by atoms with van der Waals surface area (Å²) in [7, 11) is 1.56. The Balaban J connectivity index is 2.39. The van der Waals surface area contributed by atoms with Gasteiger partial charge in [0.05, 0.1) is 23.8 Å². The van der Waals surface area contributed by atoms with Crippen molar-refractivity contribution in [1.29, 1.82) is 0 Å². The minimum absolute atomic E-state index is 0.217. The van der Waals surface area contributed by atoms with Crippen molar-refractivity contribution >= 4 is 16.7 Å². The van der Waals surface area contributed by atoms with E-state index in [2.05, 4.69) is 4.98 Å². The molecule has 0 atom stereocenters. The van der Waals surface area contributed by atoms with Crippen LogP contribution >= 0.6 is 0 Å². The lowest BCUT2D eigenvalue weighted by Gasteiger charge is -2.10. The number of nitrogen functional groups attached to an aromatic ring is 1. The molecule has 5 heteroatoms. The normalized spacial score (nSPS) is 10.8. The zero-order valence-electron chi connectivity index (χ0n) is 10.4. The highest BCUT2D eigenvalue weighted by Gasteiger charge is 2.12. The zero-order valence-corrected chi connectivity index (χ0v) is 10.4. The number of aromatic nitrogens is 2. The highest BCUT2D eigenvalue weighted by Crippen LogP contribution is 2.26. The van der Waals surface area contributed by atoms with Gasteiger partial charge in [-0.15, -0.1) is 0 Å². The summed E-state index contributed by atoms with van der Waals surface area (Å²) in [6.07, 6.45) is 0. The summed E-state index contributed by atoms with van der Waals surface area (Å²) in [4.78, 5) is 14.9. The molecule has 0 saturated carbocycles. The van der Waals surface area contributed by atoms with Crippen LogP contribution in [0.25, 0.3) is 16.7 Å². The molecule has 3 rings (SSSR count). The van der Waals surface area contributed by atoms with Crippen molar-refractivity contribution in [3.8, 4) is 11.4 Å². The van der Waals surface area contributed by atoms with Crippen molar-refractivity contribution in [3.63, 3.8) is 0 Å². The minimum Gasteiger partial charge on any atom is -0.495 e. The number of hydrogen-bond donors (Lipinski definition) is 2. The Bertz CT molecular complexity index is 802. The number of nitrogens with two attached hydrogens (primary N) is 1. The topological polar surface area (TPSA) is 73.0 Å². The highest BCUT2D eigenvalue weighted by atomic mass is 16.5. The first kappa shape index (κ1) is 11.4. The second-order valence-corrected chi connectivity index (χ2v) is 4.21. The van der Waals surface area contributed by atoms with Gasteiger partial charge in [0, 0.05) is 5.69 Å². The van der Waals surface area contributed by atoms with Crippen molar-refractivity contribution in [1.82, 2.24) is 9.55 Å². The molecule has 0 radical (unpaired) electrons. The van der Waals surface area contributed by atoms with Gasteiger partial charge in [-0.3, -0.25) is 4.57 Å². The summed E-state index contributed by atoms with van der Waals surface area (Å²) < 4.78 is 6.86. The molecule has 0 aliphatic heterocycles. The Morgan fingerprint density at radius 1 is 1.21 bits per heavy atom. The summed E-state index contributed by atoms with van der Waals surface area (Å²) in [5, 5.41) is 0. The van der Waals surface area contributed by atoms with Gasteiger partial charge in [0.1, 0.15) is 5.75 Å². The van der Waals surface area contributed by atoms with Crippen LogP contribution in [0, 0.1) is 0 Å². The molecule has 2 aromatic carbocycles. The molecule has 0 saturated heterocycles. The molecule has 1 aromatic heterocycles. The third-order valence-corrected chi connectivity index (χ3v) is 3.03. The van der Waals surface area contributed by atoms with E-state index in [0.717, 1.165) is 11.0 Å². The molecule has 0 amide bonds. The molecule has 0 spiro atoms. The van der Waals surface area contributed by atoms with Crippen LogP contribution in [0.2, 0.25) is 0 Å². The number of nitrogens with zero attached hydrogens (tertiary/aromatic N) is 1. The average molecular weight is 255 g/mol. The summed E-state index contributed by atoms with van der Waals surface area (Å²) in [6.45, 7) is 0. The summed E-state index contributed by atoms with van der Waals surface area (Å²) in [6, 6.07) is 12.7. The molecule has 19 heavy (non-hydrogen) atoms. The molecule has 0 aliphatic carbocycles. The van der Waals surface area contributed by atoms with Gasteiger partial charge in [-0.2, -0.15) is 0 Å². The molecule has 0 aliphatic rings. The van der Waals surface area contributed by atoms with E-state index in [0.29, 0.717) is 17.1 Å². The summed E-state index contributed by atoms with van der Waals surface area (Å²) in [5.74, 6) is 0.598. The van der Waals surface area contributed by atoms with Crippen LogP contribution in [0.4, 0.5) is 5.69 Å². The monoisotopic (exact) mass is 255 g/mol. The van der Waals surface area contributed by atoms with E-state index < -0.39 is 0 Å². The SMILES string of the molecule is COc1ccc(N)cc1-n1c(=O)[nH]c2ccccc21. The number of hydrogen-bond acceptors (Lipinski definition) is 3. The zero-order chi connectivity index (χ0) is 13.4. The first-order chi connectivity index (χ1) is 9.20. The third-order valence-electron chi connectivity index (χ3n) is 3.03. The predicted molar refractivity (Wildman–Crippen MR) is 74.9 cm³/mol. The van der Waals surface area contributed by atoms with Crippen LogP contribution < -0.4 is 16.2 Å². The number of fused-ring (bicyclic) bond motifs is 1. The van der Waals surface area contributed by atoms with Gasteiger partial charge in [-0.25, -0.2) is 4.79 Å². The Labute approximate surface area is 109 Å². The van der Waals surface area contributed by atoms with E-state index in [1.54, 1.807) is 29.9 Å². The van der Waals surface area contributed by atoms with E-state index >= 15 is 0 Å². The first-order valence-electron chi connectivity index (χ1n) is 5.84. The van der Waals surface area contributed by atoms with Gasteiger partial charge < -0.3 is 15.5 Å². The summed E-state index contributed by atoms with van der Waals surface area (Å²) >= 11 is 0. The fourth-order valence-corrected chi connectivity index (χ4v) is 2.18. The molecule has 96 valence electrons. The molecule has 0 bridgehead atoms. The maximum Gasteiger partial charge on any atom is 0.331 e. The van der Waals surface area contributed by atoms with Crippen LogP contribution in [0.3, 0.4) is 0 Å². The molecular weight excluding hydrogens is 242 g/mol. The quantitative estimate of drug-likeness (QED) is 0.687. The lowest BCUT2D eigenvalue weighted by Crippen LogP contribution is -2.15. The fraction of sp³-hybridized carbons (Fsp3) is 0.0714. The minimum atomic E-state index is -0.217. The number of anilines is 1. The Morgan fingerprint density at radius 2 is 2.00 bits per heavy atom. The molecule has 1 heterocycles. The smallest absolute Gasteiger partial charge is 0.331 e. The van der Waals surface area contributed by atoms with E-state index in [-0.39, 0.29) is 5.69 Å². The number of benzene rings is 2. The van der Waals surface area contributed by atoms with E-state index in [9.17, 15) is 4.79 Å². The number of rotatable bonds is 2. The van der Waals surface area contributed by atoms with Crippen LogP contribution in [0.1, 0.15) is 0 Å². The van der Waals surface area contributed by atoms with Crippen LogP contribution in [0.5, 0.6) is 5.75 Å². The summed E-state index contributed by atoms with van der Waals surface area (Å²) in [5.41, 5.74) is 8.35. The van der Waals surface area contributed by atoms with Crippen molar-refractivity contribution in [3.05, 3.63) is 52.9 Å². The molecule has 5 nitrogen and oxygen atoms in total. The molecular formula is C14H13N3O2. The third kappa shape index (κ3) is 1.76. The van der Waals surface area contributed by atoms with Crippen molar-refractivity contribution in [2.75, 3.05) is 12.8 Å². The Kier molecular flexibility index (Phi) is 2.52. The Hall–Kier alpha value is -2.69. The lowest BCUT2D eigenvalue weighted by atomic mass is 10.2. The van der Waals surface area contributed by atoms with Crippen LogP contribution in [-0.2, 0) is 0 Å². The number of imidazole rings is 1. The lowest BCUT2D eigenvalue weighted by molar-refractivity contribution is 0.413.